The Morgan fingerprint density at radius 3 is 1.96 bits per heavy atom. The van der Waals surface area contributed by atoms with E-state index >= 15 is 0 Å². The summed E-state index contributed by atoms with van der Waals surface area (Å²) in [6.07, 6.45) is 1.82. The maximum Gasteiger partial charge on any atom is 0.250 e. The molecule has 1 atom stereocenters. The second kappa shape index (κ2) is 6.89. The van der Waals surface area contributed by atoms with E-state index in [4.69, 9.17) is 11.6 Å². The molecule has 136 valence electrons. The normalized spacial score (nSPS) is 19.8. The molecule has 1 fully saturated rings. The summed E-state index contributed by atoms with van der Waals surface area (Å²) in [5.74, 6) is -0.00496. The molecule has 0 saturated carbocycles. The van der Waals surface area contributed by atoms with Crippen LogP contribution in [0.5, 0.6) is 0 Å². The van der Waals surface area contributed by atoms with Crippen molar-refractivity contribution in [1.29, 1.82) is 0 Å². The molecule has 0 aromatic heterocycles. The fourth-order valence-corrected chi connectivity index (χ4v) is 3.90. The molecule has 2 aromatic rings. The second-order valence-electron chi connectivity index (χ2n) is 6.63. The molecule has 4 nitrogen and oxygen atoms in total. The molecule has 0 N–H and O–H groups in total. The third-order valence-corrected chi connectivity index (χ3v) is 6.13. The first-order chi connectivity index (χ1) is 12.2. The van der Waals surface area contributed by atoms with Crippen LogP contribution in [0.3, 0.4) is 0 Å². The number of nitrogens with zero attached hydrogens (tertiary/aromatic N) is 1. The molecule has 2 aromatic carbocycles. The Bertz CT molecular complexity index is 977. The number of halogens is 1. The number of hydrogen-bond donors (Lipinski definition) is 0. The van der Waals surface area contributed by atoms with Gasteiger partial charge in [0.2, 0.25) is 5.91 Å². The van der Waals surface area contributed by atoms with E-state index in [0.29, 0.717) is 11.4 Å². The average molecular weight is 390 g/mol. The van der Waals surface area contributed by atoms with Crippen LogP contribution >= 0.6 is 11.6 Å². The van der Waals surface area contributed by atoms with E-state index in [9.17, 15) is 13.2 Å². The van der Waals surface area contributed by atoms with Crippen molar-refractivity contribution in [2.45, 2.75) is 24.3 Å². The number of sulfone groups is 1. The van der Waals surface area contributed by atoms with Crippen molar-refractivity contribution in [2.24, 2.45) is 0 Å². The van der Waals surface area contributed by atoms with Gasteiger partial charge in [0, 0.05) is 29.9 Å². The van der Waals surface area contributed by atoms with Crippen LogP contribution in [-0.4, -0.2) is 38.6 Å². The highest BCUT2D eigenvalue weighted by atomic mass is 35.5. The highest BCUT2D eigenvalue weighted by Gasteiger charge is 2.32. The van der Waals surface area contributed by atoms with Gasteiger partial charge in [0.05, 0.1) is 4.90 Å². The predicted octanol–water partition coefficient (Wildman–Crippen LogP) is 3.80. The summed E-state index contributed by atoms with van der Waals surface area (Å²) in [7, 11) is -1.47. The van der Waals surface area contributed by atoms with Crippen LogP contribution in [0.1, 0.15) is 24.5 Å². The highest BCUT2D eigenvalue weighted by Crippen LogP contribution is 2.35. The zero-order valence-corrected chi connectivity index (χ0v) is 16.4. The van der Waals surface area contributed by atoms with Crippen LogP contribution in [0.25, 0.3) is 5.57 Å². The molecule has 26 heavy (non-hydrogen) atoms. The Balaban J connectivity index is 2.19. The number of likely N-dealkylation sites (tertiary alicyclic amines) is 1. The minimum Gasteiger partial charge on any atom is -0.339 e. The summed E-state index contributed by atoms with van der Waals surface area (Å²) < 4.78 is 23.5. The molecular formula is C20H20ClNO3S. The number of carbonyl (C=O) groups is 1. The van der Waals surface area contributed by atoms with Gasteiger partial charge in [0.15, 0.2) is 9.84 Å². The monoisotopic (exact) mass is 389 g/mol. The maximum absolute atomic E-state index is 12.7. The van der Waals surface area contributed by atoms with Gasteiger partial charge in [-0.15, -0.1) is 0 Å². The number of carbonyl (C=O) groups excluding carboxylic acids is 1. The molecule has 1 aliphatic heterocycles. The lowest BCUT2D eigenvalue weighted by atomic mass is 9.91. The van der Waals surface area contributed by atoms with Crippen LogP contribution in [0.2, 0.25) is 5.02 Å². The molecule has 1 heterocycles. The zero-order valence-electron chi connectivity index (χ0n) is 14.9. The van der Waals surface area contributed by atoms with Gasteiger partial charge < -0.3 is 4.90 Å². The summed E-state index contributed by atoms with van der Waals surface area (Å²) in [6.45, 7) is 2.01. The summed E-state index contributed by atoms with van der Waals surface area (Å²) in [6, 6.07) is 14.1. The van der Waals surface area contributed by atoms with Gasteiger partial charge in [0.25, 0.3) is 0 Å². The molecule has 1 unspecified atom stereocenters. The molecular weight excluding hydrogens is 370 g/mol. The van der Waals surface area contributed by atoms with Gasteiger partial charge in [0.1, 0.15) is 0 Å². The fourth-order valence-electron chi connectivity index (χ4n) is 3.14. The second-order valence-corrected chi connectivity index (χ2v) is 9.08. The summed E-state index contributed by atoms with van der Waals surface area (Å²) in [4.78, 5) is 14.7. The molecule has 0 radical (unpaired) electrons. The van der Waals surface area contributed by atoms with Crippen LogP contribution in [-0.2, 0) is 14.6 Å². The lowest BCUT2D eigenvalue weighted by Gasteiger charge is -2.14. The molecule has 6 heteroatoms. The zero-order chi connectivity index (χ0) is 19.1. The topological polar surface area (TPSA) is 54.5 Å². The molecule has 1 amide bonds. The first-order valence-corrected chi connectivity index (χ1v) is 10.5. The number of amides is 1. The van der Waals surface area contributed by atoms with Crippen LogP contribution in [0.4, 0.5) is 0 Å². The van der Waals surface area contributed by atoms with Gasteiger partial charge in [-0.3, -0.25) is 4.79 Å². The molecule has 1 aliphatic rings. The minimum atomic E-state index is -3.27. The van der Waals surface area contributed by atoms with Crippen molar-refractivity contribution < 1.29 is 13.2 Å². The van der Waals surface area contributed by atoms with E-state index in [1.165, 1.54) is 6.26 Å². The molecule has 1 saturated heterocycles. The SMILES string of the molecule is CC1C/C(=C(/c2ccc(Cl)cc2)c2ccc(S(C)(=O)=O)cc2)C(=O)N1C. The molecule has 3 rings (SSSR count). The Kier molecular flexibility index (Phi) is 4.95. The first kappa shape index (κ1) is 18.7. The van der Waals surface area contributed by atoms with Crippen LogP contribution in [0, 0.1) is 0 Å². The maximum atomic E-state index is 12.7. The molecule has 0 aliphatic carbocycles. The molecule has 0 spiro atoms. The summed E-state index contributed by atoms with van der Waals surface area (Å²) >= 11 is 6.01. The largest absolute Gasteiger partial charge is 0.339 e. The van der Waals surface area contributed by atoms with Crippen molar-refractivity contribution in [2.75, 3.05) is 13.3 Å². The van der Waals surface area contributed by atoms with Crippen molar-refractivity contribution in [1.82, 2.24) is 4.90 Å². The number of hydrogen-bond acceptors (Lipinski definition) is 3. The van der Waals surface area contributed by atoms with Crippen molar-refractivity contribution in [3.8, 4) is 0 Å². The summed E-state index contributed by atoms with van der Waals surface area (Å²) in [5, 5.41) is 0.619. The van der Waals surface area contributed by atoms with Gasteiger partial charge in [-0.05, 0) is 54.3 Å². The van der Waals surface area contributed by atoms with E-state index in [1.54, 1.807) is 48.3 Å². The van der Waals surface area contributed by atoms with Crippen LogP contribution in [0.15, 0.2) is 59.0 Å². The van der Waals surface area contributed by atoms with E-state index in [2.05, 4.69) is 0 Å². The van der Waals surface area contributed by atoms with E-state index in [0.717, 1.165) is 22.3 Å². The van der Waals surface area contributed by atoms with E-state index < -0.39 is 9.84 Å². The first-order valence-electron chi connectivity index (χ1n) is 8.25. The fraction of sp³-hybridized carbons (Fsp3) is 0.250. The van der Waals surface area contributed by atoms with Gasteiger partial charge in [-0.1, -0.05) is 35.9 Å². The number of benzene rings is 2. The van der Waals surface area contributed by atoms with Gasteiger partial charge in [-0.25, -0.2) is 8.42 Å². The smallest absolute Gasteiger partial charge is 0.250 e. The van der Waals surface area contributed by atoms with Crippen LogP contribution < -0.4 is 0 Å². The van der Waals surface area contributed by atoms with Crippen molar-refractivity contribution >= 4 is 32.9 Å². The quantitative estimate of drug-likeness (QED) is 0.750. The Morgan fingerprint density at radius 2 is 1.54 bits per heavy atom. The van der Waals surface area contributed by atoms with Crippen molar-refractivity contribution in [3.63, 3.8) is 0 Å². The number of likely N-dealkylation sites (N-methyl/N-ethyl adjacent to an activating group) is 1. The highest BCUT2D eigenvalue weighted by molar-refractivity contribution is 7.90. The Hall–Kier alpha value is -2.11. The van der Waals surface area contributed by atoms with Crippen molar-refractivity contribution in [3.05, 3.63) is 70.3 Å². The summed E-state index contributed by atoms with van der Waals surface area (Å²) in [5.41, 5.74) is 3.25. The van der Waals surface area contributed by atoms with Gasteiger partial charge in [-0.2, -0.15) is 0 Å². The minimum absolute atomic E-state index is 0.00496. The predicted molar refractivity (Wildman–Crippen MR) is 104 cm³/mol. The van der Waals surface area contributed by atoms with Gasteiger partial charge >= 0.3 is 0 Å². The van der Waals surface area contributed by atoms with E-state index in [-0.39, 0.29) is 16.8 Å². The lowest BCUT2D eigenvalue weighted by Crippen LogP contribution is -2.26. The van der Waals surface area contributed by atoms with E-state index in [1.807, 2.05) is 19.1 Å². The Labute approximate surface area is 159 Å². The lowest BCUT2D eigenvalue weighted by molar-refractivity contribution is -0.124. The standard InChI is InChI=1S/C20H20ClNO3S/c1-13-12-18(20(23)22(13)2)19(14-4-8-16(21)9-5-14)15-6-10-17(11-7-15)26(3,24)25/h4-11,13H,12H2,1-3H3/b19-18+. The number of rotatable bonds is 3. The molecule has 0 bridgehead atoms. The third kappa shape index (κ3) is 3.55. The Morgan fingerprint density at radius 1 is 1.04 bits per heavy atom. The third-order valence-electron chi connectivity index (χ3n) is 4.75. The average Bonchev–Trinajstić information content (AvgIpc) is 2.84.